The molecule has 5 nitrogen and oxygen atoms in total. The highest BCUT2D eigenvalue weighted by Gasteiger charge is 2.03. The average Bonchev–Trinajstić information content (AvgIpc) is 2.44. The van der Waals surface area contributed by atoms with Gasteiger partial charge < -0.3 is 10.7 Å². The van der Waals surface area contributed by atoms with E-state index < -0.39 is 0 Å². The van der Waals surface area contributed by atoms with Gasteiger partial charge in [0.2, 0.25) is 0 Å². The lowest BCUT2D eigenvalue weighted by molar-refractivity contribution is 0.998. The van der Waals surface area contributed by atoms with Gasteiger partial charge >= 0.3 is 0 Å². The first-order valence-electron chi connectivity index (χ1n) is 6.36. The van der Waals surface area contributed by atoms with E-state index in [2.05, 4.69) is 45.8 Å². The van der Waals surface area contributed by atoms with Crippen molar-refractivity contribution < 1.29 is 0 Å². The zero-order valence-electron chi connectivity index (χ0n) is 11.3. The van der Waals surface area contributed by atoms with Gasteiger partial charge in [-0.2, -0.15) is 0 Å². The zero-order chi connectivity index (χ0) is 13.7. The molecule has 0 aliphatic rings. The van der Waals surface area contributed by atoms with E-state index in [-0.39, 0.29) is 0 Å². The number of aromatic nitrogens is 2. The molecule has 0 aliphatic heterocycles. The Morgan fingerprint density at radius 2 is 1.79 bits per heavy atom. The van der Waals surface area contributed by atoms with E-state index in [1.54, 1.807) is 6.07 Å². The van der Waals surface area contributed by atoms with Gasteiger partial charge in [-0.05, 0) is 24.5 Å². The Morgan fingerprint density at radius 3 is 2.47 bits per heavy atom. The summed E-state index contributed by atoms with van der Waals surface area (Å²) in [5.74, 6) is 7.43. The molecular weight excluding hydrogens is 238 g/mol. The van der Waals surface area contributed by atoms with Crippen LogP contribution in [0.3, 0.4) is 0 Å². The first kappa shape index (κ1) is 13.3. The number of nitrogens with zero attached hydrogens (tertiary/aromatic N) is 2. The van der Waals surface area contributed by atoms with Crippen LogP contribution in [0.25, 0.3) is 0 Å². The second-order valence-electron chi connectivity index (χ2n) is 4.31. The van der Waals surface area contributed by atoms with Gasteiger partial charge in [-0.3, -0.25) is 0 Å². The first-order valence-corrected chi connectivity index (χ1v) is 6.36. The first-order chi connectivity index (χ1) is 9.22. The molecule has 0 spiro atoms. The molecule has 1 aromatic carbocycles. The summed E-state index contributed by atoms with van der Waals surface area (Å²) >= 11 is 0. The van der Waals surface area contributed by atoms with Gasteiger partial charge in [0.1, 0.15) is 17.5 Å². The van der Waals surface area contributed by atoms with Crippen molar-refractivity contribution in [1.29, 1.82) is 0 Å². The number of benzene rings is 1. The van der Waals surface area contributed by atoms with Crippen molar-refractivity contribution in [3.05, 3.63) is 47.3 Å². The predicted molar refractivity (Wildman–Crippen MR) is 77.7 cm³/mol. The number of nitrogen functional groups attached to an aromatic ring is 1. The van der Waals surface area contributed by atoms with Crippen molar-refractivity contribution in [2.24, 2.45) is 5.84 Å². The highest BCUT2D eigenvalue weighted by molar-refractivity contribution is 5.47. The van der Waals surface area contributed by atoms with E-state index in [9.17, 15) is 0 Å². The van der Waals surface area contributed by atoms with Crippen LogP contribution in [0.15, 0.2) is 30.3 Å². The minimum Gasteiger partial charge on any atom is -0.366 e. The minimum absolute atomic E-state index is 0.610. The van der Waals surface area contributed by atoms with Crippen LogP contribution in [-0.2, 0) is 13.0 Å². The number of anilines is 2. The van der Waals surface area contributed by atoms with Crippen molar-refractivity contribution in [3.63, 3.8) is 0 Å². The summed E-state index contributed by atoms with van der Waals surface area (Å²) in [4.78, 5) is 8.49. The number of nitrogens with two attached hydrogens (primary N) is 1. The Kier molecular flexibility index (Phi) is 4.30. The standard InChI is InChI=1S/C14H19N5/c1-3-11-6-4-5-7-12(11)9-16-13-8-14(19-15)18-10(2)17-13/h4-8H,3,9,15H2,1-2H3,(H2,16,17,18,19). The molecule has 100 valence electrons. The third-order valence-electron chi connectivity index (χ3n) is 2.95. The Balaban J connectivity index is 2.12. The fraction of sp³-hybridized carbons (Fsp3) is 0.286. The maximum absolute atomic E-state index is 5.37. The zero-order valence-corrected chi connectivity index (χ0v) is 11.3. The largest absolute Gasteiger partial charge is 0.366 e. The van der Waals surface area contributed by atoms with E-state index in [4.69, 9.17) is 5.84 Å². The summed E-state index contributed by atoms with van der Waals surface area (Å²) < 4.78 is 0. The molecule has 0 unspecified atom stereocenters. The van der Waals surface area contributed by atoms with Crippen molar-refractivity contribution >= 4 is 11.6 Å². The van der Waals surface area contributed by atoms with Gasteiger partial charge in [-0.25, -0.2) is 15.8 Å². The van der Waals surface area contributed by atoms with Crippen LogP contribution in [0.4, 0.5) is 11.6 Å². The third kappa shape index (κ3) is 3.42. The molecule has 5 heteroatoms. The Hall–Kier alpha value is -2.14. The fourth-order valence-electron chi connectivity index (χ4n) is 1.99. The topological polar surface area (TPSA) is 75.9 Å². The van der Waals surface area contributed by atoms with Crippen LogP contribution in [0.1, 0.15) is 23.9 Å². The summed E-state index contributed by atoms with van der Waals surface area (Å²) in [6.45, 7) is 4.74. The lowest BCUT2D eigenvalue weighted by Gasteiger charge is -2.11. The molecule has 19 heavy (non-hydrogen) atoms. The molecule has 2 rings (SSSR count). The van der Waals surface area contributed by atoms with Crippen molar-refractivity contribution in [1.82, 2.24) is 9.97 Å². The molecule has 1 heterocycles. The SMILES string of the molecule is CCc1ccccc1CNc1cc(NN)nc(C)n1. The molecule has 0 aliphatic carbocycles. The molecule has 0 amide bonds. The lowest BCUT2D eigenvalue weighted by atomic mass is 10.1. The van der Waals surface area contributed by atoms with Crippen LogP contribution in [0.2, 0.25) is 0 Å². The molecule has 4 N–H and O–H groups in total. The van der Waals surface area contributed by atoms with Gasteiger partial charge in [-0.15, -0.1) is 0 Å². The monoisotopic (exact) mass is 257 g/mol. The Labute approximate surface area is 113 Å². The molecule has 0 fully saturated rings. The molecule has 1 aromatic heterocycles. The fourth-order valence-corrected chi connectivity index (χ4v) is 1.99. The van der Waals surface area contributed by atoms with E-state index in [0.717, 1.165) is 18.8 Å². The van der Waals surface area contributed by atoms with Crippen molar-refractivity contribution in [2.75, 3.05) is 10.7 Å². The molecular formula is C14H19N5. The smallest absolute Gasteiger partial charge is 0.145 e. The molecule has 2 aromatic rings. The Bertz CT molecular complexity index is 553. The molecule has 0 bridgehead atoms. The van der Waals surface area contributed by atoms with Crippen LogP contribution in [0, 0.1) is 6.92 Å². The lowest BCUT2D eigenvalue weighted by Crippen LogP contribution is -2.11. The van der Waals surface area contributed by atoms with Crippen LogP contribution in [-0.4, -0.2) is 9.97 Å². The molecule has 0 atom stereocenters. The van der Waals surface area contributed by atoms with E-state index in [1.165, 1.54) is 11.1 Å². The number of rotatable bonds is 5. The van der Waals surface area contributed by atoms with Gasteiger partial charge in [0.05, 0.1) is 0 Å². The van der Waals surface area contributed by atoms with Gasteiger partial charge in [0.15, 0.2) is 0 Å². The quantitative estimate of drug-likeness (QED) is 0.566. The second kappa shape index (κ2) is 6.15. The number of nitrogens with one attached hydrogen (secondary N) is 2. The van der Waals surface area contributed by atoms with Crippen LogP contribution < -0.4 is 16.6 Å². The summed E-state index contributed by atoms with van der Waals surface area (Å²) in [6.07, 6.45) is 1.02. The number of hydrogen-bond acceptors (Lipinski definition) is 5. The maximum Gasteiger partial charge on any atom is 0.145 e. The number of aryl methyl sites for hydroxylation is 2. The maximum atomic E-state index is 5.37. The number of hydrazine groups is 1. The summed E-state index contributed by atoms with van der Waals surface area (Å²) in [6, 6.07) is 10.2. The predicted octanol–water partition coefficient (Wildman–Crippen LogP) is 2.25. The minimum atomic E-state index is 0.610. The van der Waals surface area contributed by atoms with Gasteiger partial charge in [-0.1, -0.05) is 31.2 Å². The van der Waals surface area contributed by atoms with Gasteiger partial charge in [0, 0.05) is 12.6 Å². The van der Waals surface area contributed by atoms with E-state index in [0.29, 0.717) is 11.6 Å². The summed E-state index contributed by atoms with van der Waals surface area (Å²) in [5.41, 5.74) is 5.16. The summed E-state index contributed by atoms with van der Waals surface area (Å²) in [5, 5.41) is 3.30. The van der Waals surface area contributed by atoms with E-state index >= 15 is 0 Å². The number of hydrogen-bond donors (Lipinski definition) is 3. The average molecular weight is 257 g/mol. The molecule has 0 radical (unpaired) electrons. The van der Waals surface area contributed by atoms with Crippen molar-refractivity contribution in [2.45, 2.75) is 26.8 Å². The Morgan fingerprint density at radius 1 is 1.11 bits per heavy atom. The summed E-state index contributed by atoms with van der Waals surface area (Å²) in [7, 11) is 0. The highest BCUT2D eigenvalue weighted by Crippen LogP contribution is 2.14. The molecule has 0 saturated carbocycles. The highest BCUT2D eigenvalue weighted by atomic mass is 15.3. The normalized spacial score (nSPS) is 10.3. The second-order valence-corrected chi connectivity index (χ2v) is 4.31. The van der Waals surface area contributed by atoms with Crippen LogP contribution in [0.5, 0.6) is 0 Å². The van der Waals surface area contributed by atoms with E-state index in [1.807, 2.05) is 13.0 Å². The van der Waals surface area contributed by atoms with Crippen molar-refractivity contribution in [3.8, 4) is 0 Å². The van der Waals surface area contributed by atoms with Gasteiger partial charge in [0.25, 0.3) is 0 Å². The third-order valence-corrected chi connectivity index (χ3v) is 2.95. The molecule has 0 saturated heterocycles. The van der Waals surface area contributed by atoms with Crippen LogP contribution >= 0.6 is 0 Å².